The molecule has 2 aromatic rings. The molecule has 4 rings (SSSR count). The van der Waals surface area contributed by atoms with Gasteiger partial charge in [0.25, 0.3) is 0 Å². The van der Waals surface area contributed by atoms with Crippen molar-refractivity contribution < 1.29 is 13.2 Å². The van der Waals surface area contributed by atoms with E-state index < -0.39 is 10.0 Å². The van der Waals surface area contributed by atoms with Gasteiger partial charge in [0.05, 0.1) is 4.90 Å². The largest absolute Gasteiger partial charge is 0.340 e. The van der Waals surface area contributed by atoms with E-state index in [0.29, 0.717) is 31.2 Å². The highest BCUT2D eigenvalue weighted by Gasteiger charge is 2.32. The molecule has 2 aliphatic rings. The zero-order valence-electron chi connectivity index (χ0n) is 15.6. The Morgan fingerprint density at radius 2 is 1.61 bits per heavy atom. The molecule has 150 valence electrons. The van der Waals surface area contributed by atoms with E-state index in [2.05, 4.69) is 5.32 Å². The lowest BCUT2D eigenvalue weighted by Crippen LogP contribution is -2.52. The minimum absolute atomic E-state index is 0.0664. The first-order valence-electron chi connectivity index (χ1n) is 9.64. The normalized spacial score (nSPS) is 19.8. The van der Waals surface area contributed by atoms with E-state index >= 15 is 0 Å². The van der Waals surface area contributed by atoms with Gasteiger partial charge in [0.1, 0.15) is 0 Å². The minimum atomic E-state index is -3.59. The van der Waals surface area contributed by atoms with Gasteiger partial charge in [-0.25, -0.2) is 8.42 Å². The topological polar surface area (TPSA) is 69.7 Å². The number of fused-ring (bicyclic) bond motifs is 1. The third kappa shape index (κ3) is 3.89. The van der Waals surface area contributed by atoms with Gasteiger partial charge in [-0.15, -0.1) is 0 Å². The van der Waals surface area contributed by atoms with Gasteiger partial charge in [0.15, 0.2) is 0 Å². The molecular weight excluding hydrogens is 398 g/mol. The maximum atomic E-state index is 13.1. The second-order valence-corrected chi connectivity index (χ2v) is 9.78. The summed E-state index contributed by atoms with van der Waals surface area (Å²) in [6.07, 6.45) is 1.72. The van der Waals surface area contributed by atoms with Crippen LogP contribution in [0.3, 0.4) is 0 Å². The molecule has 2 fully saturated rings. The molecule has 2 aliphatic heterocycles. The number of carbonyl (C=O) groups excluding carboxylic acids is 1. The number of sulfonamides is 1. The van der Waals surface area contributed by atoms with Crippen molar-refractivity contribution in [3.63, 3.8) is 0 Å². The lowest BCUT2D eigenvalue weighted by Gasteiger charge is -2.36. The van der Waals surface area contributed by atoms with Crippen LogP contribution in [0.2, 0.25) is 5.02 Å². The predicted octanol–water partition coefficient (Wildman–Crippen LogP) is 2.33. The van der Waals surface area contributed by atoms with Crippen LogP contribution in [-0.4, -0.2) is 62.8 Å². The Hall–Kier alpha value is -1.67. The van der Waals surface area contributed by atoms with Gasteiger partial charge in [0, 0.05) is 37.1 Å². The number of rotatable bonds is 3. The number of benzene rings is 2. The molecule has 0 aliphatic carbocycles. The molecule has 0 aromatic heterocycles. The number of piperazine rings is 1. The highest BCUT2D eigenvalue weighted by molar-refractivity contribution is 7.89. The molecule has 2 aromatic carbocycles. The molecule has 0 bridgehead atoms. The molecule has 2 saturated heterocycles. The number of nitrogens with one attached hydrogen (secondary N) is 1. The van der Waals surface area contributed by atoms with Crippen molar-refractivity contribution in [3.05, 3.63) is 41.4 Å². The Balaban J connectivity index is 1.46. The third-order valence-corrected chi connectivity index (χ3v) is 7.78. The zero-order chi connectivity index (χ0) is 19.7. The fraction of sp³-hybridized carbons (Fsp3) is 0.450. The lowest BCUT2D eigenvalue weighted by atomic mass is 9.96. The Labute approximate surface area is 170 Å². The van der Waals surface area contributed by atoms with Crippen molar-refractivity contribution in [2.24, 2.45) is 5.92 Å². The van der Waals surface area contributed by atoms with Crippen LogP contribution >= 0.6 is 11.6 Å². The maximum absolute atomic E-state index is 13.1. The molecule has 2 heterocycles. The molecule has 1 N–H and O–H groups in total. The lowest BCUT2D eigenvalue weighted by molar-refractivity contribution is -0.137. The van der Waals surface area contributed by atoms with Gasteiger partial charge in [-0.2, -0.15) is 4.31 Å². The van der Waals surface area contributed by atoms with Gasteiger partial charge in [0.2, 0.25) is 15.9 Å². The van der Waals surface area contributed by atoms with Crippen LogP contribution in [0, 0.1) is 5.92 Å². The number of amides is 1. The van der Waals surface area contributed by atoms with Gasteiger partial charge < -0.3 is 10.2 Å². The Bertz CT molecular complexity index is 981. The van der Waals surface area contributed by atoms with Crippen LogP contribution in [0.4, 0.5) is 0 Å². The Morgan fingerprint density at radius 3 is 2.32 bits per heavy atom. The number of piperidine rings is 1. The van der Waals surface area contributed by atoms with Crippen molar-refractivity contribution in [1.82, 2.24) is 14.5 Å². The molecule has 1 amide bonds. The summed E-state index contributed by atoms with van der Waals surface area (Å²) in [5, 5.41) is 5.63. The molecule has 0 saturated carbocycles. The summed E-state index contributed by atoms with van der Waals surface area (Å²) >= 11 is 6.00. The van der Waals surface area contributed by atoms with Gasteiger partial charge in [-0.1, -0.05) is 23.7 Å². The fourth-order valence-electron chi connectivity index (χ4n) is 3.98. The van der Waals surface area contributed by atoms with Gasteiger partial charge in [-0.05, 0) is 61.0 Å². The summed E-state index contributed by atoms with van der Waals surface area (Å²) in [6.45, 7) is 3.31. The van der Waals surface area contributed by atoms with Crippen molar-refractivity contribution in [2.45, 2.75) is 17.7 Å². The van der Waals surface area contributed by atoms with Crippen LogP contribution in [0.5, 0.6) is 0 Å². The van der Waals surface area contributed by atoms with Crippen LogP contribution in [0.15, 0.2) is 41.3 Å². The van der Waals surface area contributed by atoms with E-state index in [-0.39, 0.29) is 16.7 Å². The van der Waals surface area contributed by atoms with Crippen LogP contribution in [0.1, 0.15) is 12.8 Å². The number of halogens is 1. The summed E-state index contributed by atoms with van der Waals surface area (Å²) in [7, 11) is -3.59. The number of hydrogen-bond donors (Lipinski definition) is 1. The first kappa shape index (κ1) is 19.6. The first-order chi connectivity index (χ1) is 13.4. The first-order valence-corrected chi connectivity index (χ1v) is 11.5. The average Bonchev–Trinajstić information content (AvgIpc) is 2.73. The SMILES string of the molecule is O=C(C1CCNCC1)N1CCN(S(=O)(=O)c2ccc3cc(Cl)ccc3c2)CC1. The average molecular weight is 422 g/mol. The van der Waals surface area contributed by atoms with Crippen molar-refractivity contribution in [2.75, 3.05) is 39.3 Å². The van der Waals surface area contributed by atoms with Crippen LogP contribution < -0.4 is 5.32 Å². The molecule has 0 radical (unpaired) electrons. The predicted molar refractivity (Wildman–Crippen MR) is 110 cm³/mol. The van der Waals surface area contributed by atoms with Crippen LogP contribution in [-0.2, 0) is 14.8 Å². The third-order valence-electron chi connectivity index (χ3n) is 5.65. The van der Waals surface area contributed by atoms with Crippen molar-refractivity contribution in [3.8, 4) is 0 Å². The number of hydrogen-bond acceptors (Lipinski definition) is 4. The van der Waals surface area contributed by atoms with Crippen LogP contribution in [0.25, 0.3) is 10.8 Å². The van der Waals surface area contributed by atoms with E-state index in [9.17, 15) is 13.2 Å². The van der Waals surface area contributed by atoms with E-state index in [0.717, 1.165) is 36.7 Å². The van der Waals surface area contributed by atoms with E-state index in [4.69, 9.17) is 11.6 Å². The fourth-order valence-corrected chi connectivity index (χ4v) is 5.62. The highest BCUT2D eigenvalue weighted by Crippen LogP contribution is 2.25. The molecule has 8 heteroatoms. The molecular formula is C20H24ClN3O3S. The molecule has 0 atom stereocenters. The summed E-state index contributed by atoms with van der Waals surface area (Å²) in [6, 6.07) is 10.5. The summed E-state index contributed by atoms with van der Waals surface area (Å²) in [5.41, 5.74) is 0. The zero-order valence-corrected chi connectivity index (χ0v) is 17.2. The Kier molecular flexibility index (Phi) is 5.60. The van der Waals surface area contributed by atoms with Gasteiger partial charge in [-0.3, -0.25) is 4.79 Å². The molecule has 6 nitrogen and oxygen atoms in total. The summed E-state index contributed by atoms with van der Waals surface area (Å²) in [5.74, 6) is 0.234. The van der Waals surface area contributed by atoms with E-state index in [1.165, 1.54) is 4.31 Å². The van der Waals surface area contributed by atoms with Gasteiger partial charge >= 0.3 is 0 Å². The summed E-state index contributed by atoms with van der Waals surface area (Å²) in [4.78, 5) is 14.8. The Morgan fingerprint density at radius 1 is 0.964 bits per heavy atom. The summed E-state index contributed by atoms with van der Waals surface area (Å²) < 4.78 is 27.6. The molecule has 0 unspecified atom stereocenters. The monoisotopic (exact) mass is 421 g/mol. The minimum Gasteiger partial charge on any atom is -0.340 e. The van der Waals surface area contributed by atoms with E-state index in [1.54, 1.807) is 24.3 Å². The van der Waals surface area contributed by atoms with Crippen molar-refractivity contribution in [1.29, 1.82) is 0 Å². The highest BCUT2D eigenvalue weighted by atomic mass is 35.5. The van der Waals surface area contributed by atoms with Crippen molar-refractivity contribution >= 4 is 38.3 Å². The van der Waals surface area contributed by atoms with E-state index in [1.807, 2.05) is 17.0 Å². The maximum Gasteiger partial charge on any atom is 0.243 e. The number of nitrogens with zero attached hydrogens (tertiary/aromatic N) is 2. The standard InChI is InChI=1S/C20H24ClN3O3S/c21-18-3-1-17-14-19(4-2-16(17)13-18)28(26,27)24-11-9-23(10-12-24)20(25)15-5-7-22-8-6-15/h1-4,13-15,22H,5-12H2. The second kappa shape index (κ2) is 7.99. The molecule has 0 spiro atoms. The molecule has 28 heavy (non-hydrogen) atoms. The second-order valence-electron chi connectivity index (χ2n) is 7.41. The quantitative estimate of drug-likeness (QED) is 0.825. The smallest absolute Gasteiger partial charge is 0.243 e. The number of carbonyl (C=O) groups is 1.